The monoisotopic (exact) mass is 271 g/mol. The Balaban J connectivity index is 1.72. The second-order valence-corrected chi connectivity index (χ2v) is 7.57. The summed E-state index contributed by atoms with van der Waals surface area (Å²) < 4.78 is 0. The largest absolute Gasteiger partial charge is 0.316 e. The maximum absolute atomic E-state index is 3.69. The third-order valence-electron chi connectivity index (χ3n) is 5.89. The van der Waals surface area contributed by atoms with E-state index >= 15 is 0 Å². The average molecular weight is 271 g/mol. The maximum Gasteiger partial charge on any atom is 0.0132 e. The summed E-state index contributed by atoms with van der Waals surface area (Å²) in [4.78, 5) is 0. The minimum absolute atomic E-state index is 0.510. The lowest BCUT2D eigenvalue weighted by Crippen LogP contribution is -2.45. The highest BCUT2D eigenvalue weighted by atomic mass is 14.9. The Morgan fingerprint density at radius 2 is 1.90 bits per heavy atom. The fourth-order valence-electron chi connectivity index (χ4n) is 4.60. The zero-order valence-corrected chi connectivity index (χ0v) is 13.2. The van der Waals surface area contributed by atoms with Crippen LogP contribution in [-0.2, 0) is 0 Å². The third kappa shape index (κ3) is 2.65. The van der Waals surface area contributed by atoms with Crippen molar-refractivity contribution in [2.24, 2.45) is 17.3 Å². The highest BCUT2D eigenvalue weighted by molar-refractivity contribution is 5.27. The molecule has 0 aliphatic heterocycles. The lowest BCUT2D eigenvalue weighted by atomic mass is 9.65. The molecule has 1 aromatic carbocycles. The van der Waals surface area contributed by atoms with E-state index in [0.29, 0.717) is 11.5 Å². The van der Waals surface area contributed by atoms with Crippen LogP contribution >= 0.6 is 0 Å². The first-order chi connectivity index (χ1) is 9.63. The summed E-state index contributed by atoms with van der Waals surface area (Å²) in [7, 11) is 2.18. The lowest BCUT2D eigenvalue weighted by molar-refractivity contribution is 0.0920. The molecule has 4 unspecified atom stereocenters. The number of nitrogens with one attached hydrogen (secondary N) is 1. The molecule has 1 heteroatoms. The molecular weight excluding hydrogens is 242 g/mol. The molecule has 1 nitrogen and oxygen atoms in total. The van der Waals surface area contributed by atoms with E-state index in [2.05, 4.69) is 56.5 Å². The standard InChI is InChI=1S/C19H29N/c1-19(2)12-8-7-11-17(19)18(20-3)16-13-15(16)14-9-5-4-6-10-14/h4-6,9-10,15-18,20H,7-8,11-13H2,1-3H3. The van der Waals surface area contributed by atoms with Crippen molar-refractivity contribution in [1.29, 1.82) is 0 Å². The highest BCUT2D eigenvalue weighted by Gasteiger charge is 2.49. The Hall–Kier alpha value is -0.820. The smallest absolute Gasteiger partial charge is 0.0132 e. The van der Waals surface area contributed by atoms with E-state index in [1.165, 1.54) is 32.1 Å². The van der Waals surface area contributed by atoms with Crippen LogP contribution in [0.1, 0.15) is 57.4 Å². The predicted octanol–water partition coefficient (Wildman–Crippen LogP) is 4.59. The first-order valence-corrected chi connectivity index (χ1v) is 8.36. The Morgan fingerprint density at radius 3 is 2.55 bits per heavy atom. The molecule has 0 spiro atoms. The summed E-state index contributed by atoms with van der Waals surface area (Å²) in [6, 6.07) is 11.8. The molecule has 2 saturated carbocycles. The van der Waals surface area contributed by atoms with Crippen molar-refractivity contribution in [2.45, 2.75) is 57.9 Å². The lowest BCUT2D eigenvalue weighted by Gasteiger charge is -2.43. The second kappa shape index (κ2) is 5.52. The van der Waals surface area contributed by atoms with Gasteiger partial charge in [0, 0.05) is 6.04 Å². The van der Waals surface area contributed by atoms with Gasteiger partial charge >= 0.3 is 0 Å². The fraction of sp³-hybridized carbons (Fsp3) is 0.684. The van der Waals surface area contributed by atoms with E-state index in [0.717, 1.165) is 17.8 Å². The van der Waals surface area contributed by atoms with Gasteiger partial charge in [-0.25, -0.2) is 0 Å². The highest BCUT2D eigenvalue weighted by Crippen LogP contribution is 2.55. The first-order valence-electron chi connectivity index (χ1n) is 8.36. The van der Waals surface area contributed by atoms with Crippen molar-refractivity contribution < 1.29 is 0 Å². The number of hydrogen-bond donors (Lipinski definition) is 1. The molecule has 20 heavy (non-hydrogen) atoms. The summed E-state index contributed by atoms with van der Waals surface area (Å²) in [6.45, 7) is 4.97. The molecule has 2 aliphatic carbocycles. The zero-order chi connectivity index (χ0) is 14.2. The molecule has 3 rings (SSSR count). The summed E-state index contributed by atoms with van der Waals surface area (Å²) in [6.07, 6.45) is 7.04. The summed E-state index contributed by atoms with van der Waals surface area (Å²) >= 11 is 0. The van der Waals surface area contributed by atoms with Gasteiger partial charge in [0.05, 0.1) is 0 Å². The number of rotatable bonds is 4. The molecule has 0 radical (unpaired) electrons. The molecule has 4 atom stereocenters. The van der Waals surface area contributed by atoms with E-state index in [1.807, 2.05) is 0 Å². The molecule has 0 heterocycles. The van der Waals surface area contributed by atoms with Crippen molar-refractivity contribution >= 4 is 0 Å². The summed E-state index contributed by atoms with van der Waals surface area (Å²) in [5.41, 5.74) is 2.06. The molecule has 110 valence electrons. The molecule has 1 aromatic rings. The molecule has 0 amide bonds. The van der Waals surface area contributed by atoms with E-state index in [-0.39, 0.29) is 0 Å². The fourth-order valence-corrected chi connectivity index (χ4v) is 4.60. The van der Waals surface area contributed by atoms with Crippen LogP contribution in [0, 0.1) is 17.3 Å². The van der Waals surface area contributed by atoms with E-state index in [4.69, 9.17) is 0 Å². The van der Waals surface area contributed by atoms with Crippen molar-refractivity contribution in [3.8, 4) is 0 Å². The minimum Gasteiger partial charge on any atom is -0.316 e. The molecule has 2 fully saturated rings. The van der Waals surface area contributed by atoms with Gasteiger partial charge in [-0.3, -0.25) is 0 Å². The minimum atomic E-state index is 0.510. The van der Waals surface area contributed by atoms with Gasteiger partial charge in [0.2, 0.25) is 0 Å². The van der Waals surface area contributed by atoms with Crippen molar-refractivity contribution in [3.63, 3.8) is 0 Å². The molecule has 0 bridgehead atoms. The summed E-state index contributed by atoms with van der Waals surface area (Å²) in [5.74, 6) is 2.50. The van der Waals surface area contributed by atoms with Crippen molar-refractivity contribution in [1.82, 2.24) is 5.32 Å². The quantitative estimate of drug-likeness (QED) is 0.844. The number of benzene rings is 1. The van der Waals surface area contributed by atoms with Crippen LogP contribution in [0.25, 0.3) is 0 Å². The van der Waals surface area contributed by atoms with E-state index in [9.17, 15) is 0 Å². The average Bonchev–Trinajstić information content (AvgIpc) is 3.23. The molecule has 0 saturated heterocycles. The van der Waals surface area contributed by atoms with Gasteiger partial charge < -0.3 is 5.32 Å². The Kier molecular flexibility index (Phi) is 3.90. The molecule has 0 aromatic heterocycles. The Morgan fingerprint density at radius 1 is 1.15 bits per heavy atom. The van der Waals surface area contributed by atoms with Gasteiger partial charge in [0.15, 0.2) is 0 Å². The Labute approximate surface area is 124 Å². The van der Waals surface area contributed by atoms with Gasteiger partial charge in [0.25, 0.3) is 0 Å². The normalized spacial score (nSPS) is 33.6. The van der Waals surface area contributed by atoms with Gasteiger partial charge in [0.1, 0.15) is 0 Å². The van der Waals surface area contributed by atoms with Crippen LogP contribution in [-0.4, -0.2) is 13.1 Å². The predicted molar refractivity (Wildman–Crippen MR) is 85.9 cm³/mol. The van der Waals surface area contributed by atoms with Gasteiger partial charge in [-0.05, 0) is 55.0 Å². The topological polar surface area (TPSA) is 12.0 Å². The van der Waals surface area contributed by atoms with E-state index in [1.54, 1.807) is 5.56 Å². The van der Waals surface area contributed by atoms with Gasteiger partial charge in [-0.1, -0.05) is 57.0 Å². The maximum atomic E-state index is 3.69. The van der Waals surface area contributed by atoms with Crippen LogP contribution in [0.3, 0.4) is 0 Å². The van der Waals surface area contributed by atoms with Crippen molar-refractivity contribution in [3.05, 3.63) is 35.9 Å². The van der Waals surface area contributed by atoms with Crippen LogP contribution < -0.4 is 5.32 Å². The van der Waals surface area contributed by atoms with Crippen LogP contribution in [0.5, 0.6) is 0 Å². The van der Waals surface area contributed by atoms with Crippen LogP contribution in [0.4, 0.5) is 0 Å². The second-order valence-electron chi connectivity index (χ2n) is 7.57. The first kappa shape index (κ1) is 14.1. The Bertz CT molecular complexity index is 436. The number of hydrogen-bond acceptors (Lipinski definition) is 1. The van der Waals surface area contributed by atoms with Gasteiger partial charge in [-0.15, -0.1) is 0 Å². The third-order valence-corrected chi connectivity index (χ3v) is 5.89. The molecule has 2 aliphatic rings. The SMILES string of the molecule is CNC(C1CC1c1ccccc1)C1CCCCC1(C)C. The van der Waals surface area contributed by atoms with E-state index < -0.39 is 0 Å². The molecular formula is C19H29N. The van der Waals surface area contributed by atoms with Crippen molar-refractivity contribution in [2.75, 3.05) is 7.05 Å². The van der Waals surface area contributed by atoms with Crippen LogP contribution in [0.2, 0.25) is 0 Å². The summed E-state index contributed by atoms with van der Waals surface area (Å²) in [5, 5.41) is 3.69. The van der Waals surface area contributed by atoms with Crippen LogP contribution in [0.15, 0.2) is 30.3 Å². The van der Waals surface area contributed by atoms with Gasteiger partial charge in [-0.2, -0.15) is 0 Å². The molecule has 1 N–H and O–H groups in total. The zero-order valence-electron chi connectivity index (χ0n) is 13.2.